The van der Waals surface area contributed by atoms with E-state index in [2.05, 4.69) is 19.2 Å². The van der Waals surface area contributed by atoms with Crippen LogP contribution in [0.3, 0.4) is 0 Å². The van der Waals surface area contributed by atoms with Gasteiger partial charge in [0, 0.05) is 12.2 Å². The maximum Gasteiger partial charge on any atom is 0.340 e. The molecule has 3 heteroatoms. The van der Waals surface area contributed by atoms with Gasteiger partial charge in [-0.3, -0.25) is 0 Å². The second kappa shape index (κ2) is 6.94. The van der Waals surface area contributed by atoms with Gasteiger partial charge < -0.3 is 10.1 Å². The van der Waals surface area contributed by atoms with Crippen molar-refractivity contribution in [3.8, 4) is 0 Å². The summed E-state index contributed by atoms with van der Waals surface area (Å²) in [6.07, 6.45) is 0.898. The van der Waals surface area contributed by atoms with Crippen LogP contribution in [0.1, 0.15) is 37.6 Å². The number of hydrogen-bond donors (Lipinski definition) is 1. The van der Waals surface area contributed by atoms with Crippen molar-refractivity contribution in [1.82, 2.24) is 0 Å². The van der Waals surface area contributed by atoms with E-state index in [-0.39, 0.29) is 5.97 Å². The van der Waals surface area contributed by atoms with E-state index in [1.807, 2.05) is 25.1 Å². The van der Waals surface area contributed by atoms with Crippen molar-refractivity contribution in [3.63, 3.8) is 0 Å². The van der Waals surface area contributed by atoms with Crippen LogP contribution in [0, 0.1) is 5.92 Å². The molecule has 1 aromatic carbocycles. The van der Waals surface area contributed by atoms with Crippen LogP contribution in [0.2, 0.25) is 0 Å². The Labute approximate surface area is 103 Å². The van der Waals surface area contributed by atoms with Gasteiger partial charge in [0.25, 0.3) is 0 Å². The molecule has 0 bridgehead atoms. The van der Waals surface area contributed by atoms with E-state index >= 15 is 0 Å². The highest BCUT2D eigenvalue weighted by atomic mass is 16.5. The standard InChI is InChI=1S/C14H21NO2/c1-4-15-13-8-6-5-7-12(13)14(16)17-10-9-11(2)3/h5-8,11,15H,4,9-10H2,1-3H3. The fourth-order valence-electron chi connectivity index (χ4n) is 1.47. The van der Waals surface area contributed by atoms with Crippen molar-refractivity contribution in [2.45, 2.75) is 27.2 Å². The average molecular weight is 235 g/mol. The van der Waals surface area contributed by atoms with Gasteiger partial charge in [-0.25, -0.2) is 4.79 Å². The molecular weight excluding hydrogens is 214 g/mol. The first-order chi connectivity index (χ1) is 8.15. The Hall–Kier alpha value is -1.51. The third kappa shape index (κ3) is 4.47. The predicted octanol–water partition coefficient (Wildman–Crippen LogP) is 3.32. The average Bonchev–Trinajstić information content (AvgIpc) is 2.29. The summed E-state index contributed by atoms with van der Waals surface area (Å²) in [5.74, 6) is 0.300. The highest BCUT2D eigenvalue weighted by Crippen LogP contribution is 2.16. The van der Waals surface area contributed by atoms with Crippen molar-refractivity contribution in [1.29, 1.82) is 0 Å². The minimum atomic E-state index is -0.248. The fraction of sp³-hybridized carbons (Fsp3) is 0.500. The van der Waals surface area contributed by atoms with Crippen molar-refractivity contribution < 1.29 is 9.53 Å². The van der Waals surface area contributed by atoms with Crippen molar-refractivity contribution in [3.05, 3.63) is 29.8 Å². The molecule has 0 aliphatic carbocycles. The van der Waals surface area contributed by atoms with Crippen molar-refractivity contribution in [2.75, 3.05) is 18.5 Å². The van der Waals surface area contributed by atoms with E-state index in [4.69, 9.17) is 4.74 Å². The fourth-order valence-corrected chi connectivity index (χ4v) is 1.47. The first kappa shape index (κ1) is 13.6. The lowest BCUT2D eigenvalue weighted by Crippen LogP contribution is -2.11. The van der Waals surface area contributed by atoms with Crippen LogP contribution < -0.4 is 5.32 Å². The Morgan fingerprint density at radius 3 is 2.71 bits per heavy atom. The second-order valence-electron chi connectivity index (χ2n) is 4.39. The van der Waals surface area contributed by atoms with Gasteiger partial charge in [-0.05, 0) is 31.4 Å². The molecule has 1 aromatic rings. The van der Waals surface area contributed by atoms with Gasteiger partial charge >= 0.3 is 5.97 Å². The molecule has 0 unspecified atom stereocenters. The van der Waals surface area contributed by atoms with Crippen LogP contribution in [0.5, 0.6) is 0 Å². The molecule has 3 nitrogen and oxygen atoms in total. The van der Waals surface area contributed by atoms with Crippen molar-refractivity contribution >= 4 is 11.7 Å². The van der Waals surface area contributed by atoms with Gasteiger partial charge in [0.05, 0.1) is 12.2 Å². The summed E-state index contributed by atoms with van der Waals surface area (Å²) in [5.41, 5.74) is 1.45. The van der Waals surface area contributed by atoms with Crippen LogP contribution in [-0.2, 0) is 4.74 Å². The zero-order valence-corrected chi connectivity index (χ0v) is 10.8. The summed E-state index contributed by atoms with van der Waals surface area (Å²) in [6, 6.07) is 7.43. The Morgan fingerprint density at radius 2 is 2.06 bits per heavy atom. The van der Waals surface area contributed by atoms with E-state index in [0.29, 0.717) is 18.1 Å². The zero-order valence-electron chi connectivity index (χ0n) is 10.8. The monoisotopic (exact) mass is 235 g/mol. The highest BCUT2D eigenvalue weighted by molar-refractivity contribution is 5.95. The minimum absolute atomic E-state index is 0.248. The van der Waals surface area contributed by atoms with Crippen LogP contribution in [0.15, 0.2) is 24.3 Å². The summed E-state index contributed by atoms with van der Waals surface area (Å²) in [6.45, 7) is 7.50. The number of hydrogen-bond acceptors (Lipinski definition) is 3. The molecular formula is C14H21NO2. The first-order valence-electron chi connectivity index (χ1n) is 6.15. The van der Waals surface area contributed by atoms with Gasteiger partial charge in [0.1, 0.15) is 0 Å². The molecule has 1 N–H and O–H groups in total. The highest BCUT2D eigenvalue weighted by Gasteiger charge is 2.11. The summed E-state index contributed by atoms with van der Waals surface area (Å²) < 4.78 is 5.25. The van der Waals surface area contributed by atoms with Gasteiger partial charge in [-0.15, -0.1) is 0 Å². The zero-order chi connectivity index (χ0) is 12.7. The summed E-state index contributed by atoms with van der Waals surface area (Å²) in [5, 5.41) is 3.16. The first-order valence-corrected chi connectivity index (χ1v) is 6.15. The van der Waals surface area contributed by atoms with Gasteiger partial charge in [0.15, 0.2) is 0 Å². The maximum absolute atomic E-state index is 11.9. The maximum atomic E-state index is 11.9. The normalized spacial score (nSPS) is 10.4. The molecule has 0 spiro atoms. The third-order valence-electron chi connectivity index (χ3n) is 2.44. The Bertz CT molecular complexity index is 361. The predicted molar refractivity (Wildman–Crippen MR) is 70.3 cm³/mol. The number of esters is 1. The molecule has 0 saturated heterocycles. The number of nitrogens with one attached hydrogen (secondary N) is 1. The number of ether oxygens (including phenoxy) is 1. The number of carbonyl (C=O) groups is 1. The summed E-state index contributed by atoms with van der Waals surface area (Å²) >= 11 is 0. The largest absolute Gasteiger partial charge is 0.462 e. The summed E-state index contributed by atoms with van der Waals surface area (Å²) in [4.78, 5) is 11.9. The number of rotatable bonds is 6. The van der Waals surface area contributed by atoms with E-state index in [1.165, 1.54) is 0 Å². The SMILES string of the molecule is CCNc1ccccc1C(=O)OCCC(C)C. The number of benzene rings is 1. The quantitative estimate of drug-likeness (QED) is 0.769. The van der Waals surface area contributed by atoms with Crippen LogP contribution in [-0.4, -0.2) is 19.1 Å². The van der Waals surface area contributed by atoms with Gasteiger partial charge in [-0.1, -0.05) is 26.0 Å². The molecule has 17 heavy (non-hydrogen) atoms. The lowest BCUT2D eigenvalue weighted by molar-refractivity contribution is 0.0489. The smallest absolute Gasteiger partial charge is 0.340 e. The molecule has 94 valence electrons. The van der Waals surface area contributed by atoms with Gasteiger partial charge in [0.2, 0.25) is 0 Å². The molecule has 0 radical (unpaired) electrons. The lowest BCUT2D eigenvalue weighted by atomic mass is 10.1. The van der Waals surface area contributed by atoms with Crippen LogP contribution >= 0.6 is 0 Å². The number of anilines is 1. The van der Waals surface area contributed by atoms with E-state index in [0.717, 1.165) is 18.7 Å². The van der Waals surface area contributed by atoms with E-state index in [9.17, 15) is 4.79 Å². The molecule has 0 atom stereocenters. The van der Waals surface area contributed by atoms with Crippen molar-refractivity contribution in [2.24, 2.45) is 5.92 Å². The molecule has 0 aromatic heterocycles. The Morgan fingerprint density at radius 1 is 1.35 bits per heavy atom. The minimum Gasteiger partial charge on any atom is -0.462 e. The Kier molecular flexibility index (Phi) is 5.53. The number of para-hydroxylation sites is 1. The number of carbonyl (C=O) groups excluding carboxylic acids is 1. The molecule has 0 heterocycles. The lowest BCUT2D eigenvalue weighted by Gasteiger charge is -2.11. The topological polar surface area (TPSA) is 38.3 Å². The third-order valence-corrected chi connectivity index (χ3v) is 2.44. The van der Waals surface area contributed by atoms with Crippen LogP contribution in [0.25, 0.3) is 0 Å². The molecule has 0 amide bonds. The van der Waals surface area contributed by atoms with E-state index in [1.54, 1.807) is 6.07 Å². The van der Waals surface area contributed by atoms with E-state index < -0.39 is 0 Å². The molecule has 0 aliphatic rings. The van der Waals surface area contributed by atoms with Crippen LogP contribution in [0.4, 0.5) is 5.69 Å². The second-order valence-corrected chi connectivity index (χ2v) is 4.39. The molecule has 1 rings (SSSR count). The summed E-state index contributed by atoms with van der Waals surface area (Å²) in [7, 11) is 0. The molecule has 0 aliphatic heterocycles. The molecule has 0 fully saturated rings. The van der Waals surface area contributed by atoms with Gasteiger partial charge in [-0.2, -0.15) is 0 Å². The Balaban J connectivity index is 2.61. The molecule has 0 saturated carbocycles.